The second-order valence-corrected chi connectivity index (χ2v) is 5.78. The molecule has 2 nitrogen and oxygen atoms in total. The monoisotopic (exact) mass is 298 g/mol. The Hall–Kier alpha value is -0.500. The van der Waals surface area contributed by atoms with E-state index in [2.05, 4.69) is 53.3 Å². The minimum Gasteiger partial charge on any atom is -0.299 e. The summed E-state index contributed by atoms with van der Waals surface area (Å²) < 4.78 is 1.08. The molecule has 86 valence electrons. The summed E-state index contributed by atoms with van der Waals surface area (Å²) in [5.41, 5.74) is 0. The summed E-state index contributed by atoms with van der Waals surface area (Å²) in [5.74, 6) is 0.774. The molecule has 0 aliphatic rings. The lowest BCUT2D eigenvalue weighted by Gasteiger charge is -2.13. The fourth-order valence-electron chi connectivity index (χ4n) is 1.24. The maximum absolute atomic E-state index is 8.96. The molecule has 0 aliphatic heterocycles. The highest BCUT2D eigenvalue weighted by Gasteiger charge is 2.08. The van der Waals surface area contributed by atoms with Gasteiger partial charge in [-0.2, -0.15) is 5.26 Å². The maximum Gasteiger partial charge on any atom is 0.105 e. The van der Waals surface area contributed by atoms with E-state index >= 15 is 0 Å². The Morgan fingerprint density at radius 1 is 1.38 bits per heavy atom. The number of nitrogens with zero attached hydrogens (tertiary/aromatic N) is 1. The quantitative estimate of drug-likeness (QED) is 0.846. The van der Waals surface area contributed by atoms with Crippen LogP contribution in [0.25, 0.3) is 0 Å². The van der Waals surface area contributed by atoms with E-state index in [1.165, 1.54) is 4.90 Å². The highest BCUT2D eigenvalue weighted by molar-refractivity contribution is 9.10. The molecule has 0 spiro atoms. The van der Waals surface area contributed by atoms with Gasteiger partial charge in [0.2, 0.25) is 0 Å². The van der Waals surface area contributed by atoms with E-state index in [9.17, 15) is 0 Å². The fourth-order valence-corrected chi connectivity index (χ4v) is 2.36. The molecule has 4 heteroatoms. The normalized spacial score (nSPS) is 12.4. The molecule has 0 aliphatic carbocycles. The zero-order chi connectivity index (χ0) is 12.0. The summed E-state index contributed by atoms with van der Waals surface area (Å²) >= 11 is 5.10. The zero-order valence-electron chi connectivity index (χ0n) is 9.40. The minimum atomic E-state index is -0.0892. The Labute approximate surface area is 110 Å². The third-order valence-electron chi connectivity index (χ3n) is 1.92. The lowest BCUT2D eigenvalue weighted by atomic mass is 10.3. The van der Waals surface area contributed by atoms with Crippen LogP contribution < -0.4 is 5.32 Å². The highest BCUT2D eigenvalue weighted by atomic mass is 79.9. The van der Waals surface area contributed by atoms with Crippen LogP contribution in [0.5, 0.6) is 0 Å². The molecule has 0 fully saturated rings. The van der Waals surface area contributed by atoms with Gasteiger partial charge in [-0.25, -0.2) is 0 Å². The smallest absolute Gasteiger partial charge is 0.105 e. The van der Waals surface area contributed by atoms with Crippen LogP contribution in [0.4, 0.5) is 0 Å². The maximum atomic E-state index is 8.96. The lowest BCUT2D eigenvalue weighted by Crippen LogP contribution is -2.35. The Morgan fingerprint density at radius 3 is 2.50 bits per heavy atom. The number of hydrogen-bond acceptors (Lipinski definition) is 3. The van der Waals surface area contributed by atoms with Crippen LogP contribution in [-0.2, 0) is 0 Å². The van der Waals surface area contributed by atoms with Crippen LogP contribution in [-0.4, -0.2) is 17.8 Å². The Balaban J connectivity index is 2.44. The standard InChI is InChI=1S/C12H15BrN2S/c1-9(2)15-11(7-14)8-16-12-5-3-10(13)4-6-12/h3-6,9,11,15H,8H2,1-2H3. The molecule has 1 rings (SSSR count). The third kappa shape index (κ3) is 5.02. The number of hydrogen-bond donors (Lipinski definition) is 1. The Morgan fingerprint density at radius 2 is 2.00 bits per heavy atom. The van der Waals surface area contributed by atoms with Gasteiger partial charge in [-0.15, -0.1) is 11.8 Å². The molecule has 1 aromatic rings. The second-order valence-electron chi connectivity index (χ2n) is 3.77. The van der Waals surface area contributed by atoms with Gasteiger partial charge in [0.1, 0.15) is 6.04 Å². The van der Waals surface area contributed by atoms with Crippen LogP contribution in [0.1, 0.15) is 13.8 Å². The van der Waals surface area contributed by atoms with Crippen molar-refractivity contribution >= 4 is 27.7 Å². The molecule has 0 amide bonds. The van der Waals surface area contributed by atoms with E-state index in [0.29, 0.717) is 6.04 Å². The van der Waals surface area contributed by atoms with Gasteiger partial charge in [-0.1, -0.05) is 15.9 Å². The van der Waals surface area contributed by atoms with Crippen molar-refractivity contribution in [3.63, 3.8) is 0 Å². The van der Waals surface area contributed by atoms with Gasteiger partial charge in [-0.3, -0.25) is 5.32 Å². The second kappa shape index (κ2) is 6.95. The summed E-state index contributed by atoms with van der Waals surface area (Å²) in [4.78, 5) is 1.19. The van der Waals surface area contributed by atoms with Gasteiger partial charge in [-0.05, 0) is 38.1 Å². The first-order chi connectivity index (χ1) is 7.61. The number of halogens is 1. The van der Waals surface area contributed by atoms with Gasteiger partial charge in [0.05, 0.1) is 6.07 Å². The number of benzene rings is 1. The van der Waals surface area contributed by atoms with Crippen LogP contribution in [0, 0.1) is 11.3 Å². The van der Waals surface area contributed by atoms with Crippen molar-refractivity contribution in [2.75, 3.05) is 5.75 Å². The lowest BCUT2D eigenvalue weighted by molar-refractivity contribution is 0.560. The molecule has 1 unspecified atom stereocenters. The summed E-state index contributed by atoms with van der Waals surface area (Å²) in [6.45, 7) is 4.10. The van der Waals surface area contributed by atoms with Gasteiger partial charge >= 0.3 is 0 Å². The molecule has 0 heterocycles. The van der Waals surface area contributed by atoms with Crippen molar-refractivity contribution in [1.29, 1.82) is 5.26 Å². The molecule has 0 aromatic heterocycles. The molecule has 0 bridgehead atoms. The van der Waals surface area contributed by atoms with Crippen molar-refractivity contribution in [2.24, 2.45) is 0 Å². The van der Waals surface area contributed by atoms with E-state index in [-0.39, 0.29) is 6.04 Å². The molecule has 1 aromatic carbocycles. The van der Waals surface area contributed by atoms with Gasteiger partial charge in [0, 0.05) is 21.2 Å². The largest absolute Gasteiger partial charge is 0.299 e. The van der Waals surface area contributed by atoms with E-state index < -0.39 is 0 Å². The predicted octanol–water partition coefficient (Wildman–Crippen LogP) is 3.43. The highest BCUT2D eigenvalue weighted by Crippen LogP contribution is 2.21. The van der Waals surface area contributed by atoms with Crippen molar-refractivity contribution in [1.82, 2.24) is 5.32 Å². The van der Waals surface area contributed by atoms with Gasteiger partial charge in [0.15, 0.2) is 0 Å². The molecule has 1 N–H and O–H groups in total. The van der Waals surface area contributed by atoms with Crippen LogP contribution >= 0.6 is 27.7 Å². The van der Waals surface area contributed by atoms with Gasteiger partial charge in [0.25, 0.3) is 0 Å². The molecule has 0 saturated carbocycles. The number of rotatable bonds is 5. The SMILES string of the molecule is CC(C)NC(C#N)CSc1ccc(Br)cc1. The minimum absolute atomic E-state index is 0.0892. The van der Waals surface area contributed by atoms with E-state index in [4.69, 9.17) is 5.26 Å². The van der Waals surface area contributed by atoms with Crippen LogP contribution in [0.3, 0.4) is 0 Å². The van der Waals surface area contributed by atoms with Gasteiger partial charge < -0.3 is 0 Å². The first kappa shape index (κ1) is 13.6. The average Bonchev–Trinajstić information content (AvgIpc) is 2.26. The summed E-state index contributed by atoms with van der Waals surface area (Å²) in [6, 6.07) is 10.7. The van der Waals surface area contributed by atoms with Crippen molar-refractivity contribution in [3.05, 3.63) is 28.7 Å². The fraction of sp³-hybridized carbons (Fsp3) is 0.417. The summed E-state index contributed by atoms with van der Waals surface area (Å²) in [5, 5.41) is 12.2. The number of nitriles is 1. The topological polar surface area (TPSA) is 35.8 Å². The predicted molar refractivity (Wildman–Crippen MR) is 72.5 cm³/mol. The van der Waals surface area contributed by atoms with Crippen molar-refractivity contribution in [2.45, 2.75) is 30.8 Å². The van der Waals surface area contributed by atoms with E-state index in [0.717, 1.165) is 10.2 Å². The van der Waals surface area contributed by atoms with Crippen LogP contribution in [0.2, 0.25) is 0 Å². The number of nitrogens with one attached hydrogen (secondary N) is 1. The molecule has 0 saturated heterocycles. The molecule has 16 heavy (non-hydrogen) atoms. The van der Waals surface area contributed by atoms with Crippen LogP contribution in [0.15, 0.2) is 33.6 Å². The first-order valence-electron chi connectivity index (χ1n) is 5.16. The van der Waals surface area contributed by atoms with E-state index in [1.54, 1.807) is 11.8 Å². The van der Waals surface area contributed by atoms with E-state index in [1.807, 2.05) is 12.1 Å². The Bertz CT molecular complexity index is 356. The van der Waals surface area contributed by atoms with Crippen molar-refractivity contribution < 1.29 is 0 Å². The molecular formula is C12H15BrN2S. The molecule has 0 radical (unpaired) electrons. The average molecular weight is 299 g/mol. The third-order valence-corrected chi connectivity index (χ3v) is 3.55. The molecular weight excluding hydrogens is 284 g/mol. The van der Waals surface area contributed by atoms with Crippen molar-refractivity contribution in [3.8, 4) is 6.07 Å². The number of thioether (sulfide) groups is 1. The summed E-state index contributed by atoms with van der Waals surface area (Å²) in [6.07, 6.45) is 0. The zero-order valence-corrected chi connectivity index (χ0v) is 11.8. The first-order valence-corrected chi connectivity index (χ1v) is 6.93. The summed E-state index contributed by atoms with van der Waals surface area (Å²) in [7, 11) is 0. The Kier molecular flexibility index (Phi) is 5.89. The molecule has 1 atom stereocenters.